The molecule has 0 aliphatic carbocycles. The molecule has 2 aliphatic heterocycles. The van der Waals surface area contributed by atoms with E-state index in [0.29, 0.717) is 31.3 Å². The topological polar surface area (TPSA) is 67.9 Å². The van der Waals surface area contributed by atoms with Crippen molar-refractivity contribution in [2.75, 3.05) is 32.8 Å². The van der Waals surface area contributed by atoms with Crippen molar-refractivity contribution in [2.45, 2.75) is 23.8 Å². The molecular weight excluding hydrogens is 372 g/mol. The molecule has 0 radical (unpaired) electrons. The lowest BCUT2D eigenvalue weighted by Crippen LogP contribution is -2.36. The minimum atomic E-state index is -3.62. The zero-order chi connectivity index (χ0) is 18.0. The summed E-state index contributed by atoms with van der Waals surface area (Å²) in [5.74, 6) is 1.07. The summed E-state index contributed by atoms with van der Waals surface area (Å²) in [7, 11) is -3.62. The van der Waals surface area contributed by atoms with Gasteiger partial charge < -0.3 is 9.47 Å². The molecule has 0 spiro atoms. The van der Waals surface area contributed by atoms with E-state index < -0.39 is 10.0 Å². The third kappa shape index (κ3) is 3.73. The van der Waals surface area contributed by atoms with E-state index in [1.165, 1.54) is 11.6 Å². The van der Waals surface area contributed by atoms with Crippen molar-refractivity contribution in [3.05, 3.63) is 40.6 Å². The molecule has 1 saturated heterocycles. The highest BCUT2D eigenvalue weighted by atomic mass is 32.2. The van der Waals surface area contributed by atoms with E-state index >= 15 is 0 Å². The lowest BCUT2D eigenvalue weighted by atomic mass is 10.1. The second-order valence-corrected chi connectivity index (χ2v) is 9.02. The summed E-state index contributed by atoms with van der Waals surface area (Å²) in [6.07, 6.45) is 2.32. The molecule has 6 nitrogen and oxygen atoms in total. The number of hydrogen-bond donors (Lipinski definition) is 1. The van der Waals surface area contributed by atoms with Gasteiger partial charge in [-0.3, -0.25) is 4.90 Å². The molecule has 8 heteroatoms. The minimum Gasteiger partial charge on any atom is -0.486 e. The second kappa shape index (κ2) is 7.56. The second-order valence-electron chi connectivity index (χ2n) is 6.47. The average molecular weight is 395 g/mol. The van der Waals surface area contributed by atoms with E-state index in [-0.39, 0.29) is 10.9 Å². The largest absolute Gasteiger partial charge is 0.486 e. The Morgan fingerprint density at radius 1 is 1.12 bits per heavy atom. The van der Waals surface area contributed by atoms with Crippen LogP contribution in [0.2, 0.25) is 0 Å². The molecule has 1 aromatic heterocycles. The van der Waals surface area contributed by atoms with Crippen molar-refractivity contribution in [2.24, 2.45) is 0 Å². The quantitative estimate of drug-likeness (QED) is 0.816. The van der Waals surface area contributed by atoms with Gasteiger partial charge in [0.25, 0.3) is 0 Å². The van der Waals surface area contributed by atoms with Gasteiger partial charge in [0, 0.05) is 18.7 Å². The Morgan fingerprint density at radius 3 is 2.62 bits per heavy atom. The third-order valence-corrected chi connectivity index (χ3v) is 6.92. The predicted octanol–water partition coefficient (Wildman–Crippen LogP) is 2.63. The van der Waals surface area contributed by atoms with Crippen LogP contribution in [0.1, 0.15) is 24.4 Å². The Hall–Kier alpha value is -1.61. The fourth-order valence-electron chi connectivity index (χ4n) is 3.44. The molecule has 2 aliphatic rings. The fraction of sp³-hybridized carbons (Fsp3) is 0.444. The van der Waals surface area contributed by atoms with Gasteiger partial charge in [-0.15, -0.1) is 0 Å². The van der Waals surface area contributed by atoms with Crippen LogP contribution in [0.25, 0.3) is 0 Å². The molecule has 1 aromatic carbocycles. The molecule has 3 heterocycles. The van der Waals surface area contributed by atoms with Crippen molar-refractivity contribution >= 4 is 21.4 Å². The first-order chi connectivity index (χ1) is 12.6. The average Bonchev–Trinajstić information content (AvgIpc) is 3.36. The summed E-state index contributed by atoms with van der Waals surface area (Å²) in [6.45, 7) is 3.28. The van der Waals surface area contributed by atoms with Crippen LogP contribution in [0, 0.1) is 0 Å². The van der Waals surface area contributed by atoms with Crippen LogP contribution >= 0.6 is 11.3 Å². The Balaban J connectivity index is 1.51. The molecule has 4 rings (SSSR count). The molecule has 0 bridgehead atoms. The summed E-state index contributed by atoms with van der Waals surface area (Å²) in [5, 5.41) is 4.13. The first-order valence-corrected chi connectivity index (χ1v) is 11.2. The summed E-state index contributed by atoms with van der Waals surface area (Å²) in [6, 6.07) is 6.89. The van der Waals surface area contributed by atoms with Crippen LogP contribution in [0.15, 0.2) is 39.9 Å². The molecular formula is C18H22N2O4S2. The van der Waals surface area contributed by atoms with E-state index in [2.05, 4.69) is 21.1 Å². The first kappa shape index (κ1) is 17.8. The van der Waals surface area contributed by atoms with Crippen molar-refractivity contribution in [3.63, 3.8) is 0 Å². The molecule has 2 aromatic rings. The van der Waals surface area contributed by atoms with Crippen LogP contribution in [-0.4, -0.2) is 46.2 Å². The summed E-state index contributed by atoms with van der Waals surface area (Å²) in [4.78, 5) is 2.56. The Kier molecular flexibility index (Phi) is 5.17. The SMILES string of the molecule is O=S(=O)(NCC(c1ccsc1)N1CCCC1)c1ccc2c(c1)OCCO2. The van der Waals surface area contributed by atoms with Gasteiger partial charge in [-0.1, -0.05) is 0 Å². The molecule has 1 atom stereocenters. The van der Waals surface area contributed by atoms with Crippen molar-refractivity contribution in [1.29, 1.82) is 0 Å². The smallest absolute Gasteiger partial charge is 0.240 e. The van der Waals surface area contributed by atoms with Gasteiger partial charge >= 0.3 is 0 Å². The molecule has 1 fully saturated rings. The zero-order valence-corrected chi connectivity index (χ0v) is 16.0. The summed E-state index contributed by atoms with van der Waals surface area (Å²) in [5.41, 5.74) is 1.17. The number of thiophene rings is 1. The number of fused-ring (bicyclic) bond motifs is 1. The van der Waals surface area contributed by atoms with Gasteiger partial charge in [0.1, 0.15) is 13.2 Å². The van der Waals surface area contributed by atoms with Crippen LogP contribution in [0.4, 0.5) is 0 Å². The predicted molar refractivity (Wildman–Crippen MR) is 100 cm³/mol. The molecule has 1 unspecified atom stereocenters. The van der Waals surface area contributed by atoms with E-state index in [1.807, 2.05) is 5.38 Å². The highest BCUT2D eigenvalue weighted by Gasteiger charge is 2.26. The molecule has 0 amide bonds. The number of ether oxygens (including phenoxy) is 2. The van der Waals surface area contributed by atoms with E-state index in [9.17, 15) is 8.42 Å². The highest BCUT2D eigenvalue weighted by Crippen LogP contribution is 2.32. The van der Waals surface area contributed by atoms with Crippen LogP contribution in [-0.2, 0) is 10.0 Å². The molecule has 0 saturated carbocycles. The van der Waals surface area contributed by atoms with Crippen molar-refractivity contribution in [1.82, 2.24) is 9.62 Å². The summed E-state index contributed by atoms with van der Waals surface area (Å²) >= 11 is 1.64. The number of sulfonamides is 1. The van der Waals surface area contributed by atoms with E-state index in [1.54, 1.807) is 23.5 Å². The number of hydrogen-bond acceptors (Lipinski definition) is 6. The van der Waals surface area contributed by atoms with Gasteiger partial charge in [-0.25, -0.2) is 13.1 Å². The van der Waals surface area contributed by atoms with Gasteiger partial charge in [-0.05, 0) is 60.5 Å². The maximum atomic E-state index is 12.8. The standard InChI is InChI=1S/C18H22N2O4S2/c21-26(22,15-3-4-17-18(11-15)24-9-8-23-17)19-12-16(14-5-10-25-13-14)20-6-1-2-7-20/h3-5,10-11,13,16,19H,1-2,6-9,12H2. The lowest BCUT2D eigenvalue weighted by Gasteiger charge is -2.27. The number of nitrogens with one attached hydrogen (secondary N) is 1. The van der Waals surface area contributed by atoms with Crippen LogP contribution in [0.5, 0.6) is 11.5 Å². The number of benzene rings is 1. The van der Waals surface area contributed by atoms with Crippen LogP contribution < -0.4 is 14.2 Å². The Bertz CT molecular complexity index is 846. The third-order valence-electron chi connectivity index (χ3n) is 4.80. The minimum absolute atomic E-state index is 0.0655. The maximum absolute atomic E-state index is 12.8. The molecule has 26 heavy (non-hydrogen) atoms. The zero-order valence-electron chi connectivity index (χ0n) is 14.4. The Morgan fingerprint density at radius 2 is 1.88 bits per heavy atom. The van der Waals surface area contributed by atoms with Gasteiger partial charge in [0.2, 0.25) is 10.0 Å². The van der Waals surface area contributed by atoms with Gasteiger partial charge in [0.05, 0.1) is 4.90 Å². The first-order valence-electron chi connectivity index (χ1n) is 8.79. The van der Waals surface area contributed by atoms with Crippen LogP contribution in [0.3, 0.4) is 0 Å². The molecule has 1 N–H and O–H groups in total. The maximum Gasteiger partial charge on any atom is 0.240 e. The normalized spacial score (nSPS) is 18.8. The van der Waals surface area contributed by atoms with Crippen molar-refractivity contribution < 1.29 is 17.9 Å². The fourth-order valence-corrected chi connectivity index (χ4v) is 5.20. The lowest BCUT2D eigenvalue weighted by molar-refractivity contribution is 0.171. The van der Waals surface area contributed by atoms with Crippen molar-refractivity contribution in [3.8, 4) is 11.5 Å². The number of rotatable bonds is 6. The Labute approximate surface area is 157 Å². The number of likely N-dealkylation sites (tertiary alicyclic amines) is 1. The summed E-state index contributed by atoms with van der Waals surface area (Å²) < 4.78 is 39.3. The monoisotopic (exact) mass is 394 g/mol. The molecule has 140 valence electrons. The van der Waals surface area contributed by atoms with E-state index in [0.717, 1.165) is 25.9 Å². The highest BCUT2D eigenvalue weighted by molar-refractivity contribution is 7.89. The van der Waals surface area contributed by atoms with Gasteiger partial charge in [-0.2, -0.15) is 11.3 Å². The number of nitrogens with zero attached hydrogens (tertiary/aromatic N) is 1. The van der Waals surface area contributed by atoms with E-state index in [4.69, 9.17) is 9.47 Å². The van der Waals surface area contributed by atoms with Gasteiger partial charge in [0.15, 0.2) is 11.5 Å².